The maximum atomic E-state index is 4.54. The molecule has 1 N–H and O–H groups in total. The van der Waals surface area contributed by atoms with E-state index in [0.717, 1.165) is 40.6 Å². The summed E-state index contributed by atoms with van der Waals surface area (Å²) in [6.07, 6.45) is 0. The lowest BCUT2D eigenvalue weighted by atomic mass is 10.3. The molecule has 1 aromatic carbocycles. The number of aryl methyl sites for hydroxylation is 3. The maximum absolute atomic E-state index is 4.54. The Hall–Kier alpha value is -2.43. The number of benzene rings is 1. The minimum Gasteiger partial charge on any atom is -0.338 e. The minimum atomic E-state index is 0.745. The number of hydrogen-bond acceptors (Lipinski definition) is 4. The molecule has 5 nitrogen and oxygen atoms in total. The van der Waals surface area contributed by atoms with Gasteiger partial charge in [-0.25, -0.2) is 9.97 Å². The minimum absolute atomic E-state index is 0.745. The van der Waals surface area contributed by atoms with E-state index >= 15 is 0 Å². The van der Waals surface area contributed by atoms with E-state index < -0.39 is 0 Å². The van der Waals surface area contributed by atoms with Gasteiger partial charge in [-0.1, -0.05) is 18.2 Å². The van der Waals surface area contributed by atoms with Crippen molar-refractivity contribution in [3.05, 3.63) is 41.9 Å². The van der Waals surface area contributed by atoms with Crippen molar-refractivity contribution in [2.45, 2.75) is 27.3 Å². The molecule has 0 spiro atoms. The molecule has 102 valence electrons. The fraction of sp³-hybridized carbons (Fsp3) is 0.267. The number of para-hydroxylation sites is 1. The first-order valence-electron chi connectivity index (χ1n) is 6.73. The van der Waals surface area contributed by atoms with Crippen molar-refractivity contribution in [1.82, 2.24) is 19.7 Å². The molecule has 0 aliphatic carbocycles. The Kier molecular flexibility index (Phi) is 3.10. The first-order valence-corrected chi connectivity index (χ1v) is 6.73. The number of hydrogen-bond donors (Lipinski definition) is 1. The molecule has 3 aromatic rings. The van der Waals surface area contributed by atoms with Gasteiger partial charge in [0.2, 0.25) is 0 Å². The van der Waals surface area contributed by atoms with E-state index in [9.17, 15) is 0 Å². The number of fused-ring (bicyclic) bond motifs is 1. The molecule has 0 saturated carbocycles. The van der Waals surface area contributed by atoms with Crippen molar-refractivity contribution in [2.24, 2.45) is 0 Å². The third-order valence-corrected chi connectivity index (χ3v) is 3.20. The van der Waals surface area contributed by atoms with Crippen molar-refractivity contribution >= 4 is 22.5 Å². The molecule has 0 radical (unpaired) electrons. The van der Waals surface area contributed by atoms with Gasteiger partial charge in [0, 0.05) is 12.2 Å². The zero-order valence-electron chi connectivity index (χ0n) is 11.9. The van der Waals surface area contributed by atoms with Gasteiger partial charge in [0.05, 0.1) is 5.69 Å². The van der Waals surface area contributed by atoms with Gasteiger partial charge in [0.25, 0.3) is 0 Å². The van der Waals surface area contributed by atoms with Crippen molar-refractivity contribution in [3.63, 3.8) is 0 Å². The molecular formula is C15H17N5. The molecule has 0 bridgehead atoms. The second-order valence-electron chi connectivity index (χ2n) is 4.71. The summed E-state index contributed by atoms with van der Waals surface area (Å²) < 4.78 is 1.94. The average molecular weight is 267 g/mol. The van der Waals surface area contributed by atoms with Gasteiger partial charge >= 0.3 is 0 Å². The Morgan fingerprint density at radius 2 is 1.85 bits per heavy atom. The number of rotatable bonds is 3. The highest BCUT2D eigenvalue weighted by atomic mass is 15.3. The number of nitrogens with one attached hydrogen (secondary N) is 1. The topological polar surface area (TPSA) is 55.6 Å². The fourth-order valence-corrected chi connectivity index (χ4v) is 2.32. The molecule has 3 rings (SSSR count). The van der Waals surface area contributed by atoms with Crippen LogP contribution < -0.4 is 5.32 Å². The second kappa shape index (κ2) is 4.92. The maximum Gasteiger partial charge on any atom is 0.160 e. The summed E-state index contributed by atoms with van der Waals surface area (Å²) in [5.74, 6) is 1.55. The Balaban J connectivity index is 2.18. The number of anilines is 2. The van der Waals surface area contributed by atoms with Crippen LogP contribution in [0.1, 0.15) is 18.4 Å². The Morgan fingerprint density at radius 3 is 2.55 bits per heavy atom. The highest BCUT2D eigenvalue weighted by molar-refractivity contribution is 5.89. The standard InChI is InChI=1S/C15H17N5/c1-4-20-14-13(10(2)19-20)16-11(3)17-15(14)18-12-8-6-5-7-9-12/h5-9H,4H2,1-3H3,(H,16,17,18). The van der Waals surface area contributed by atoms with Gasteiger partial charge < -0.3 is 5.32 Å². The zero-order valence-corrected chi connectivity index (χ0v) is 11.9. The smallest absolute Gasteiger partial charge is 0.160 e. The van der Waals surface area contributed by atoms with E-state index in [4.69, 9.17) is 0 Å². The summed E-state index contributed by atoms with van der Waals surface area (Å²) in [6, 6.07) is 10.0. The van der Waals surface area contributed by atoms with Gasteiger partial charge in [0.1, 0.15) is 16.9 Å². The first-order chi connectivity index (χ1) is 9.69. The largest absolute Gasteiger partial charge is 0.338 e. The molecule has 2 heterocycles. The van der Waals surface area contributed by atoms with E-state index in [1.165, 1.54) is 0 Å². The second-order valence-corrected chi connectivity index (χ2v) is 4.71. The van der Waals surface area contributed by atoms with Crippen LogP contribution in [0.3, 0.4) is 0 Å². The summed E-state index contributed by atoms with van der Waals surface area (Å²) >= 11 is 0. The molecule has 0 atom stereocenters. The van der Waals surface area contributed by atoms with Gasteiger partial charge in [-0.2, -0.15) is 5.10 Å². The van der Waals surface area contributed by atoms with Crippen LogP contribution >= 0.6 is 0 Å². The highest BCUT2D eigenvalue weighted by Gasteiger charge is 2.14. The summed E-state index contributed by atoms with van der Waals surface area (Å²) in [6.45, 7) is 6.74. The normalized spacial score (nSPS) is 10.9. The summed E-state index contributed by atoms with van der Waals surface area (Å²) in [5, 5.41) is 7.89. The SMILES string of the molecule is CCn1nc(C)c2nc(C)nc(Nc3ccccc3)c21. The van der Waals surface area contributed by atoms with E-state index in [0.29, 0.717) is 0 Å². The molecule has 0 aliphatic heterocycles. The predicted molar refractivity (Wildman–Crippen MR) is 80.2 cm³/mol. The van der Waals surface area contributed by atoms with Crippen LogP contribution in [0, 0.1) is 13.8 Å². The molecule has 0 amide bonds. The number of aromatic nitrogens is 4. The predicted octanol–water partition coefficient (Wildman–Crippen LogP) is 3.21. The van der Waals surface area contributed by atoms with Gasteiger partial charge in [0.15, 0.2) is 5.82 Å². The average Bonchev–Trinajstić information content (AvgIpc) is 2.77. The molecule has 2 aromatic heterocycles. The third-order valence-electron chi connectivity index (χ3n) is 3.20. The highest BCUT2D eigenvalue weighted by Crippen LogP contribution is 2.25. The third kappa shape index (κ3) is 2.11. The molecule has 0 aliphatic rings. The lowest BCUT2D eigenvalue weighted by molar-refractivity contribution is 0.676. The van der Waals surface area contributed by atoms with Crippen LogP contribution in [-0.2, 0) is 6.54 Å². The van der Waals surface area contributed by atoms with Crippen molar-refractivity contribution in [1.29, 1.82) is 0 Å². The first kappa shape index (κ1) is 12.6. The van der Waals surface area contributed by atoms with Gasteiger partial charge in [-0.15, -0.1) is 0 Å². The Bertz CT molecular complexity index is 746. The van der Waals surface area contributed by atoms with Crippen LogP contribution in [0.15, 0.2) is 30.3 Å². The van der Waals surface area contributed by atoms with Gasteiger partial charge in [-0.3, -0.25) is 4.68 Å². The summed E-state index contributed by atoms with van der Waals surface area (Å²) in [5.41, 5.74) is 3.81. The van der Waals surface area contributed by atoms with E-state index in [1.54, 1.807) is 0 Å². The van der Waals surface area contributed by atoms with Crippen LogP contribution in [-0.4, -0.2) is 19.7 Å². The molecule has 5 heteroatoms. The van der Waals surface area contributed by atoms with E-state index in [2.05, 4.69) is 27.3 Å². The molecule has 20 heavy (non-hydrogen) atoms. The Labute approximate surface area is 117 Å². The van der Waals surface area contributed by atoms with Crippen LogP contribution in [0.25, 0.3) is 11.0 Å². The quantitative estimate of drug-likeness (QED) is 0.791. The summed E-state index contributed by atoms with van der Waals surface area (Å²) in [7, 11) is 0. The molecular weight excluding hydrogens is 250 g/mol. The monoisotopic (exact) mass is 267 g/mol. The van der Waals surface area contributed by atoms with Crippen molar-refractivity contribution in [2.75, 3.05) is 5.32 Å². The lowest BCUT2D eigenvalue weighted by Gasteiger charge is -2.09. The zero-order chi connectivity index (χ0) is 14.1. The molecule has 0 saturated heterocycles. The lowest BCUT2D eigenvalue weighted by Crippen LogP contribution is -2.03. The van der Waals surface area contributed by atoms with Crippen molar-refractivity contribution in [3.8, 4) is 0 Å². The molecule has 0 fully saturated rings. The molecule has 0 unspecified atom stereocenters. The van der Waals surface area contributed by atoms with Crippen LogP contribution in [0.5, 0.6) is 0 Å². The van der Waals surface area contributed by atoms with Crippen LogP contribution in [0.2, 0.25) is 0 Å². The number of nitrogens with zero attached hydrogens (tertiary/aromatic N) is 4. The summed E-state index contributed by atoms with van der Waals surface area (Å²) in [4.78, 5) is 9.05. The van der Waals surface area contributed by atoms with Gasteiger partial charge in [-0.05, 0) is 32.9 Å². The Morgan fingerprint density at radius 1 is 1.10 bits per heavy atom. The van der Waals surface area contributed by atoms with E-state index in [-0.39, 0.29) is 0 Å². The van der Waals surface area contributed by atoms with E-state index in [1.807, 2.05) is 48.9 Å². The van der Waals surface area contributed by atoms with Crippen LogP contribution in [0.4, 0.5) is 11.5 Å². The van der Waals surface area contributed by atoms with Crippen molar-refractivity contribution < 1.29 is 0 Å². The fourth-order valence-electron chi connectivity index (χ4n) is 2.32.